The Labute approximate surface area is 185 Å². The molecule has 0 radical (unpaired) electrons. The number of hydrogen-bond donors (Lipinski definition) is 1. The highest BCUT2D eigenvalue weighted by Crippen LogP contribution is 2.27. The summed E-state index contributed by atoms with van der Waals surface area (Å²) in [6.45, 7) is 3.70. The van der Waals surface area contributed by atoms with Crippen molar-refractivity contribution in [1.82, 2.24) is 5.32 Å². The van der Waals surface area contributed by atoms with Crippen molar-refractivity contribution in [3.63, 3.8) is 0 Å². The van der Waals surface area contributed by atoms with Gasteiger partial charge < -0.3 is 0 Å². The summed E-state index contributed by atoms with van der Waals surface area (Å²) in [5.41, 5.74) is 4.22. The zero-order chi connectivity index (χ0) is 22.8. The summed E-state index contributed by atoms with van der Waals surface area (Å²) >= 11 is 0. The van der Waals surface area contributed by atoms with Gasteiger partial charge in [-0.1, -0.05) is 48.5 Å². The van der Waals surface area contributed by atoms with Gasteiger partial charge in [-0.15, -0.1) is 0 Å². The number of carbonyl (C=O) groups excluding carboxylic acids is 3. The Balaban J connectivity index is 1.74. The normalized spacial score (nSPS) is 15.3. The Bertz CT molecular complexity index is 1280. The number of hydrogen-bond acceptors (Lipinski definition) is 3. The second-order valence-electron chi connectivity index (χ2n) is 7.68. The largest absolute Gasteiger partial charge is 0.335 e. The third-order valence-electron chi connectivity index (χ3n) is 5.56. The maximum Gasteiger partial charge on any atom is 0.335 e. The van der Waals surface area contributed by atoms with Gasteiger partial charge in [0, 0.05) is 0 Å². The van der Waals surface area contributed by atoms with Crippen LogP contribution >= 0.6 is 0 Å². The molecule has 1 heterocycles. The van der Waals surface area contributed by atoms with Crippen molar-refractivity contribution in [1.29, 1.82) is 0 Å². The van der Waals surface area contributed by atoms with E-state index in [-0.39, 0.29) is 11.4 Å². The predicted molar refractivity (Wildman–Crippen MR) is 121 cm³/mol. The Morgan fingerprint density at radius 3 is 2.47 bits per heavy atom. The minimum absolute atomic E-state index is 0.141. The number of anilines is 1. The van der Waals surface area contributed by atoms with E-state index in [9.17, 15) is 18.8 Å². The lowest BCUT2D eigenvalue weighted by Gasteiger charge is -2.28. The Kier molecular flexibility index (Phi) is 5.69. The molecule has 5 nitrogen and oxygen atoms in total. The molecule has 0 bridgehead atoms. The molecule has 0 aliphatic carbocycles. The number of halogens is 1. The van der Waals surface area contributed by atoms with E-state index in [1.54, 1.807) is 30.3 Å². The third-order valence-corrected chi connectivity index (χ3v) is 5.56. The quantitative estimate of drug-likeness (QED) is 0.484. The summed E-state index contributed by atoms with van der Waals surface area (Å²) in [6.07, 6.45) is 1.91. The number of amides is 4. The van der Waals surface area contributed by atoms with Crippen LogP contribution in [0.4, 0.5) is 14.9 Å². The summed E-state index contributed by atoms with van der Waals surface area (Å²) in [4.78, 5) is 39.3. The van der Waals surface area contributed by atoms with E-state index in [1.807, 2.05) is 38.1 Å². The van der Waals surface area contributed by atoms with Crippen LogP contribution in [0, 0.1) is 19.7 Å². The maximum absolute atomic E-state index is 13.6. The van der Waals surface area contributed by atoms with Crippen LogP contribution in [0.15, 0.2) is 72.3 Å². The summed E-state index contributed by atoms with van der Waals surface area (Å²) < 4.78 is 13.6. The minimum Gasteiger partial charge on any atom is -0.273 e. The van der Waals surface area contributed by atoms with Crippen LogP contribution in [0.2, 0.25) is 0 Å². The molecular weight excluding hydrogens is 407 g/mol. The van der Waals surface area contributed by atoms with E-state index in [2.05, 4.69) is 5.32 Å². The molecular formula is C26H21FN2O3. The molecule has 1 saturated heterocycles. The van der Waals surface area contributed by atoms with E-state index in [1.165, 1.54) is 18.2 Å². The third kappa shape index (κ3) is 4.07. The molecule has 0 spiro atoms. The lowest BCUT2D eigenvalue weighted by molar-refractivity contribution is -0.122. The van der Waals surface area contributed by atoms with Crippen LogP contribution in [-0.2, 0) is 16.0 Å². The number of carbonyl (C=O) groups is 3. The Hall–Kier alpha value is -4.06. The van der Waals surface area contributed by atoms with Gasteiger partial charge in [0.05, 0.1) is 5.69 Å². The van der Waals surface area contributed by atoms with Crippen molar-refractivity contribution in [3.05, 3.63) is 106 Å². The molecule has 0 aromatic heterocycles. The number of imide groups is 2. The van der Waals surface area contributed by atoms with Crippen molar-refractivity contribution in [2.45, 2.75) is 20.3 Å². The smallest absolute Gasteiger partial charge is 0.273 e. The second-order valence-corrected chi connectivity index (χ2v) is 7.68. The van der Waals surface area contributed by atoms with Crippen LogP contribution in [0.3, 0.4) is 0 Å². The van der Waals surface area contributed by atoms with Gasteiger partial charge in [-0.2, -0.15) is 0 Å². The van der Waals surface area contributed by atoms with E-state index < -0.39 is 17.8 Å². The number of benzene rings is 3. The van der Waals surface area contributed by atoms with Crippen molar-refractivity contribution >= 4 is 29.6 Å². The molecule has 160 valence electrons. The molecule has 4 amide bonds. The fourth-order valence-corrected chi connectivity index (χ4v) is 3.71. The van der Waals surface area contributed by atoms with Crippen molar-refractivity contribution in [2.24, 2.45) is 0 Å². The van der Waals surface area contributed by atoms with Crippen LogP contribution in [0.1, 0.15) is 27.8 Å². The minimum atomic E-state index is -0.779. The van der Waals surface area contributed by atoms with Gasteiger partial charge >= 0.3 is 6.03 Å². The predicted octanol–water partition coefficient (Wildman–Crippen LogP) is 4.70. The van der Waals surface area contributed by atoms with Crippen molar-refractivity contribution in [2.75, 3.05) is 4.90 Å². The molecule has 1 aliphatic heterocycles. The fraction of sp³-hybridized carbons (Fsp3) is 0.115. The van der Waals surface area contributed by atoms with Gasteiger partial charge in [-0.05, 0) is 72.4 Å². The molecule has 3 aromatic carbocycles. The maximum atomic E-state index is 13.6. The van der Waals surface area contributed by atoms with E-state index >= 15 is 0 Å². The number of urea groups is 1. The van der Waals surface area contributed by atoms with E-state index in [0.717, 1.165) is 27.2 Å². The van der Waals surface area contributed by atoms with E-state index in [4.69, 9.17) is 0 Å². The Morgan fingerprint density at radius 2 is 1.69 bits per heavy atom. The first-order valence-corrected chi connectivity index (χ1v) is 10.1. The number of barbiturate groups is 1. The summed E-state index contributed by atoms with van der Waals surface area (Å²) in [6, 6.07) is 18.1. The number of aryl methyl sites for hydroxylation is 1. The monoisotopic (exact) mass is 428 g/mol. The highest BCUT2D eigenvalue weighted by Gasteiger charge is 2.37. The molecule has 0 atom stereocenters. The summed E-state index contributed by atoms with van der Waals surface area (Å²) in [5, 5.41) is 2.26. The van der Waals surface area contributed by atoms with Gasteiger partial charge in [-0.25, -0.2) is 14.1 Å². The molecule has 1 fully saturated rings. The molecule has 0 saturated carbocycles. The van der Waals surface area contributed by atoms with Gasteiger partial charge in [0.15, 0.2) is 0 Å². The summed E-state index contributed by atoms with van der Waals surface area (Å²) in [5.74, 6) is -1.77. The molecule has 6 heteroatoms. The number of nitrogens with zero attached hydrogens (tertiary/aromatic N) is 1. The van der Waals surface area contributed by atoms with Crippen molar-refractivity contribution < 1.29 is 18.8 Å². The van der Waals surface area contributed by atoms with E-state index in [0.29, 0.717) is 17.7 Å². The average Bonchev–Trinajstić information content (AvgIpc) is 2.75. The zero-order valence-electron chi connectivity index (χ0n) is 17.7. The van der Waals surface area contributed by atoms with Crippen LogP contribution in [0.25, 0.3) is 6.08 Å². The SMILES string of the molecule is Cc1cccc(N2C(=O)NC(=O)/C(=C\c3ccccc3Cc3cccc(F)c3)C2=O)c1C. The first kappa shape index (κ1) is 21.2. The Morgan fingerprint density at radius 1 is 0.938 bits per heavy atom. The lowest BCUT2D eigenvalue weighted by Crippen LogP contribution is -2.54. The highest BCUT2D eigenvalue weighted by atomic mass is 19.1. The molecule has 4 rings (SSSR count). The fourth-order valence-electron chi connectivity index (χ4n) is 3.71. The molecule has 1 N–H and O–H groups in total. The molecule has 3 aromatic rings. The van der Waals surface area contributed by atoms with Gasteiger partial charge in [0.2, 0.25) is 0 Å². The van der Waals surface area contributed by atoms with Crippen LogP contribution in [0.5, 0.6) is 0 Å². The lowest BCUT2D eigenvalue weighted by atomic mass is 9.97. The highest BCUT2D eigenvalue weighted by molar-refractivity contribution is 6.39. The zero-order valence-corrected chi connectivity index (χ0v) is 17.7. The standard InChI is InChI=1S/C26H21FN2O3/c1-16-7-5-12-23(17(16)2)29-25(31)22(24(30)28-26(29)32)15-20-10-4-3-9-19(20)13-18-8-6-11-21(27)14-18/h3-12,14-15H,13H2,1-2H3,(H,28,30,32)/b22-15+. The molecule has 32 heavy (non-hydrogen) atoms. The molecule has 1 aliphatic rings. The summed E-state index contributed by atoms with van der Waals surface area (Å²) in [7, 11) is 0. The van der Waals surface area contributed by atoms with Crippen LogP contribution < -0.4 is 10.2 Å². The first-order chi connectivity index (χ1) is 15.3. The van der Waals surface area contributed by atoms with Gasteiger partial charge in [0.25, 0.3) is 11.8 Å². The second kappa shape index (κ2) is 8.59. The van der Waals surface area contributed by atoms with Gasteiger partial charge in [0.1, 0.15) is 11.4 Å². The number of rotatable bonds is 4. The van der Waals surface area contributed by atoms with Crippen molar-refractivity contribution in [3.8, 4) is 0 Å². The van der Waals surface area contributed by atoms with Crippen LogP contribution in [-0.4, -0.2) is 17.8 Å². The van der Waals surface area contributed by atoms with Gasteiger partial charge in [-0.3, -0.25) is 14.9 Å². The average molecular weight is 428 g/mol. The topological polar surface area (TPSA) is 66.5 Å². The molecule has 0 unspecified atom stereocenters. The first-order valence-electron chi connectivity index (χ1n) is 10.1. The number of nitrogens with one attached hydrogen (secondary N) is 1.